The Balaban J connectivity index is -0.0000000788. The van der Waals surface area contributed by atoms with Crippen LogP contribution in [-0.4, -0.2) is 15.0 Å². The second-order valence-electron chi connectivity index (χ2n) is 4.00. The van der Waals surface area contributed by atoms with Crippen LogP contribution in [0, 0.1) is 6.92 Å². The van der Waals surface area contributed by atoms with Gasteiger partial charge in [-0.1, -0.05) is 110 Å². The van der Waals surface area contributed by atoms with E-state index in [9.17, 15) is 0 Å². The first-order chi connectivity index (χ1) is 13.8. The number of aromatic nitrogens is 3. The second-order valence-corrected chi connectivity index (χ2v) is 4.00. The van der Waals surface area contributed by atoms with Gasteiger partial charge < -0.3 is 5.32 Å². The summed E-state index contributed by atoms with van der Waals surface area (Å²) in [5.74, 6) is 1.28. The molecule has 170 valence electrons. The molecule has 1 heterocycles. The Morgan fingerprint density at radius 2 is 0.935 bits per heavy atom. The van der Waals surface area contributed by atoms with Crippen molar-refractivity contribution in [1.82, 2.24) is 15.0 Å². The number of hydrogen-bond acceptors (Lipinski definition) is 4. The Hall–Kier alpha value is 0.188. The molecule has 2 radical (unpaired) electrons. The Labute approximate surface area is 259 Å². The van der Waals surface area contributed by atoms with Gasteiger partial charge in [0.15, 0.2) is 0 Å². The SMILES string of the molecule is CC.CC.CC.CC.Cc1ncnc(Nc2ccccc2)n1.I.[Y].[Y].c1ccccc1. The smallest absolute Gasteiger partial charge is 0.230 e. The largest absolute Gasteiger partial charge is 0.324 e. The number of rotatable bonds is 2. The van der Waals surface area contributed by atoms with E-state index in [0.29, 0.717) is 11.8 Å². The summed E-state index contributed by atoms with van der Waals surface area (Å²) in [5.41, 5.74) is 0.970. The quantitative estimate of drug-likeness (QED) is 0.275. The molecule has 1 N–H and O–H groups in total. The molecule has 31 heavy (non-hydrogen) atoms. The van der Waals surface area contributed by atoms with E-state index in [1.54, 1.807) is 0 Å². The maximum absolute atomic E-state index is 4.14. The van der Waals surface area contributed by atoms with Gasteiger partial charge in [-0.05, 0) is 19.1 Å². The molecular weight excluding hydrogens is 649 g/mol. The van der Waals surface area contributed by atoms with Gasteiger partial charge in [-0.25, -0.2) is 9.97 Å². The molecule has 0 aliphatic heterocycles. The Kier molecular flexibility index (Phi) is 58.6. The molecule has 0 fully saturated rings. The minimum Gasteiger partial charge on any atom is -0.324 e. The van der Waals surface area contributed by atoms with Crippen molar-refractivity contribution in [2.45, 2.75) is 62.3 Å². The van der Waals surface area contributed by atoms with Crippen LogP contribution in [0.2, 0.25) is 0 Å². The molecule has 0 atom stereocenters. The van der Waals surface area contributed by atoms with Gasteiger partial charge in [0.05, 0.1) is 0 Å². The monoisotopic (exact) mass is 690 g/mol. The number of benzene rings is 2. The summed E-state index contributed by atoms with van der Waals surface area (Å²) in [6, 6.07) is 21.8. The van der Waals surface area contributed by atoms with Crippen molar-refractivity contribution in [2.24, 2.45) is 0 Å². The van der Waals surface area contributed by atoms with Crippen molar-refractivity contribution in [2.75, 3.05) is 5.32 Å². The molecule has 0 unspecified atom stereocenters. The van der Waals surface area contributed by atoms with Gasteiger partial charge in [0.2, 0.25) is 5.95 Å². The van der Waals surface area contributed by atoms with Crippen LogP contribution in [0.4, 0.5) is 11.6 Å². The third-order valence-electron chi connectivity index (χ3n) is 2.39. The summed E-state index contributed by atoms with van der Waals surface area (Å²) < 4.78 is 0. The maximum Gasteiger partial charge on any atom is 0.230 e. The van der Waals surface area contributed by atoms with E-state index in [0.717, 1.165) is 5.69 Å². The van der Waals surface area contributed by atoms with Gasteiger partial charge in [-0.3, -0.25) is 0 Å². The average Bonchev–Trinajstić information content (AvgIpc) is 2.82. The number of nitrogens with zero attached hydrogens (tertiary/aromatic N) is 3. The molecule has 0 bridgehead atoms. The first-order valence-electron chi connectivity index (χ1n) is 10.3. The van der Waals surface area contributed by atoms with E-state index < -0.39 is 0 Å². The van der Waals surface area contributed by atoms with Crippen LogP contribution in [0.15, 0.2) is 73.1 Å². The number of nitrogens with one attached hydrogen (secondary N) is 1. The van der Waals surface area contributed by atoms with Crippen LogP contribution < -0.4 is 5.32 Å². The van der Waals surface area contributed by atoms with Crippen LogP contribution in [0.5, 0.6) is 0 Å². The third kappa shape index (κ3) is 30.2. The summed E-state index contributed by atoms with van der Waals surface area (Å²) in [4.78, 5) is 12.1. The predicted octanol–water partition coefficient (Wildman–Crippen LogP) is 8.33. The summed E-state index contributed by atoms with van der Waals surface area (Å²) in [7, 11) is 0. The zero-order chi connectivity index (χ0) is 22.0. The van der Waals surface area contributed by atoms with Crippen molar-refractivity contribution >= 4 is 35.6 Å². The first-order valence-corrected chi connectivity index (χ1v) is 10.3. The van der Waals surface area contributed by atoms with Gasteiger partial charge in [-0.2, -0.15) is 4.98 Å². The van der Waals surface area contributed by atoms with Gasteiger partial charge in [0.25, 0.3) is 0 Å². The van der Waals surface area contributed by atoms with Crippen molar-refractivity contribution in [3.05, 3.63) is 78.9 Å². The van der Waals surface area contributed by atoms with E-state index >= 15 is 0 Å². The fourth-order valence-corrected chi connectivity index (χ4v) is 1.47. The number of para-hydroxylation sites is 1. The molecule has 3 rings (SSSR count). The molecule has 0 spiro atoms. The average molecular weight is 690 g/mol. The number of anilines is 2. The van der Waals surface area contributed by atoms with Gasteiger partial charge in [0.1, 0.15) is 12.2 Å². The van der Waals surface area contributed by atoms with E-state index in [1.807, 2.05) is 129 Å². The minimum atomic E-state index is 0. The molecule has 4 nitrogen and oxygen atoms in total. The molecule has 0 amide bonds. The first kappa shape index (κ1) is 44.8. The summed E-state index contributed by atoms with van der Waals surface area (Å²) in [5, 5.41) is 3.08. The molecular formula is C24H41IN4Y2. The summed E-state index contributed by atoms with van der Waals surface area (Å²) in [6.45, 7) is 17.8. The zero-order valence-electron chi connectivity index (χ0n) is 20.8. The van der Waals surface area contributed by atoms with Gasteiger partial charge in [0, 0.05) is 71.1 Å². The predicted molar refractivity (Wildman–Crippen MR) is 142 cm³/mol. The van der Waals surface area contributed by atoms with Crippen LogP contribution in [0.1, 0.15) is 61.2 Å². The summed E-state index contributed by atoms with van der Waals surface area (Å²) in [6.07, 6.45) is 1.49. The normalized spacial score (nSPS) is 6.74. The van der Waals surface area contributed by atoms with E-state index in [4.69, 9.17) is 0 Å². The van der Waals surface area contributed by atoms with Crippen molar-refractivity contribution in [3.8, 4) is 0 Å². The van der Waals surface area contributed by atoms with Crippen LogP contribution in [-0.2, 0) is 65.4 Å². The van der Waals surface area contributed by atoms with E-state index in [-0.39, 0.29) is 89.4 Å². The third-order valence-corrected chi connectivity index (χ3v) is 2.39. The number of halogens is 1. The molecule has 1 aromatic heterocycles. The molecule has 0 aliphatic carbocycles. The molecule has 0 aliphatic rings. The second kappa shape index (κ2) is 40.5. The molecule has 0 saturated heterocycles. The topological polar surface area (TPSA) is 50.7 Å². The van der Waals surface area contributed by atoms with E-state index in [2.05, 4.69) is 20.3 Å². The standard InChI is InChI=1S/C10H10N4.C6H6.4C2H6.HI.2Y/c1-8-11-7-12-10(13-8)14-9-5-3-2-4-6-9;1-2-4-6-5-3-1;4*1-2;;;/h2-7H,1H3,(H,11,12,13,14);1-6H;4*1-2H3;1H;;. The molecule has 7 heteroatoms. The zero-order valence-corrected chi connectivity index (χ0v) is 28.8. The van der Waals surface area contributed by atoms with Crippen molar-refractivity contribution in [3.63, 3.8) is 0 Å². The Morgan fingerprint density at radius 1 is 0.581 bits per heavy atom. The summed E-state index contributed by atoms with van der Waals surface area (Å²) >= 11 is 0. The van der Waals surface area contributed by atoms with Crippen LogP contribution in [0.3, 0.4) is 0 Å². The van der Waals surface area contributed by atoms with Crippen molar-refractivity contribution in [1.29, 1.82) is 0 Å². The minimum absolute atomic E-state index is 0. The fraction of sp³-hybridized carbons (Fsp3) is 0.375. The Morgan fingerprint density at radius 3 is 1.29 bits per heavy atom. The Bertz CT molecular complexity index is 604. The van der Waals surface area contributed by atoms with Gasteiger partial charge >= 0.3 is 0 Å². The molecule has 0 saturated carbocycles. The van der Waals surface area contributed by atoms with Crippen LogP contribution >= 0.6 is 24.0 Å². The molecule has 3 aromatic rings. The maximum atomic E-state index is 4.14. The number of hydrogen-bond donors (Lipinski definition) is 1. The fourth-order valence-electron chi connectivity index (χ4n) is 1.47. The van der Waals surface area contributed by atoms with E-state index in [1.165, 1.54) is 6.33 Å². The van der Waals surface area contributed by atoms with Crippen molar-refractivity contribution < 1.29 is 65.4 Å². The van der Waals surface area contributed by atoms with Crippen LogP contribution in [0.25, 0.3) is 0 Å². The van der Waals surface area contributed by atoms with Gasteiger partial charge in [-0.15, -0.1) is 24.0 Å². The number of aryl methyl sites for hydroxylation is 1. The molecule has 2 aromatic carbocycles.